The van der Waals surface area contributed by atoms with Crippen molar-refractivity contribution in [1.82, 2.24) is 9.55 Å². The Morgan fingerprint density at radius 3 is 2.73 bits per heavy atom. The molecule has 26 heavy (non-hydrogen) atoms. The van der Waals surface area contributed by atoms with Crippen LogP contribution < -0.4 is 10.3 Å². The summed E-state index contributed by atoms with van der Waals surface area (Å²) in [6.07, 6.45) is 0.896. The molecule has 7 heteroatoms. The van der Waals surface area contributed by atoms with Gasteiger partial charge < -0.3 is 14.5 Å². The molecule has 136 valence electrons. The molecule has 2 aromatic heterocycles. The van der Waals surface area contributed by atoms with Crippen LogP contribution in [0.2, 0.25) is 0 Å². The minimum absolute atomic E-state index is 0.0733. The molecule has 0 saturated heterocycles. The predicted octanol–water partition coefficient (Wildman–Crippen LogP) is 4.22. The Labute approximate surface area is 160 Å². The molecule has 1 N–H and O–H groups in total. The number of H-pyrrole nitrogens is 1. The number of nitrogens with zero attached hydrogens (tertiary/aromatic N) is 1. The third-order valence-electron chi connectivity index (χ3n) is 4.84. The maximum absolute atomic E-state index is 13.3. The van der Waals surface area contributed by atoms with Crippen molar-refractivity contribution in [1.29, 1.82) is 0 Å². The van der Waals surface area contributed by atoms with E-state index < -0.39 is 0 Å². The molecule has 0 unspecified atom stereocenters. The average Bonchev–Trinajstić information content (AvgIpc) is 2.99. The summed E-state index contributed by atoms with van der Waals surface area (Å²) in [6.45, 7) is 4.85. The normalized spacial score (nSPS) is 16.8. The first kappa shape index (κ1) is 17.5. The molecule has 3 heterocycles. The molecule has 1 atom stereocenters. The lowest BCUT2D eigenvalue weighted by molar-refractivity contribution is 0.00200. The molecule has 4 rings (SSSR count). The summed E-state index contributed by atoms with van der Waals surface area (Å²) in [7, 11) is 1.62. The first-order valence-corrected chi connectivity index (χ1v) is 9.77. The highest BCUT2D eigenvalue weighted by Crippen LogP contribution is 2.35. The minimum Gasteiger partial charge on any atom is -0.497 e. The molecular weight excluding hydrogens is 368 g/mol. The van der Waals surface area contributed by atoms with Gasteiger partial charge in [-0.25, -0.2) is 0 Å². The fraction of sp³-hybridized carbons (Fsp3) is 0.368. The number of fused-ring (bicyclic) bond motifs is 3. The van der Waals surface area contributed by atoms with Crippen molar-refractivity contribution in [2.24, 2.45) is 5.92 Å². The average molecular weight is 389 g/mol. The van der Waals surface area contributed by atoms with Crippen molar-refractivity contribution >= 4 is 33.8 Å². The van der Waals surface area contributed by atoms with Crippen LogP contribution in [0, 0.1) is 10.7 Å². The Morgan fingerprint density at radius 2 is 2.08 bits per heavy atom. The number of hydrogen-bond acceptors (Lipinski definition) is 5. The van der Waals surface area contributed by atoms with Crippen LogP contribution in [0.3, 0.4) is 0 Å². The van der Waals surface area contributed by atoms with Crippen LogP contribution in [-0.4, -0.2) is 22.8 Å². The molecule has 3 aromatic rings. The van der Waals surface area contributed by atoms with Crippen molar-refractivity contribution in [3.05, 3.63) is 49.8 Å². The van der Waals surface area contributed by atoms with Gasteiger partial charge in [-0.2, -0.15) is 0 Å². The van der Waals surface area contributed by atoms with Crippen LogP contribution in [0.15, 0.2) is 29.1 Å². The van der Waals surface area contributed by atoms with E-state index in [1.54, 1.807) is 23.0 Å². The van der Waals surface area contributed by atoms with E-state index in [-0.39, 0.29) is 11.7 Å². The highest BCUT2D eigenvalue weighted by atomic mass is 32.1. The molecule has 0 spiro atoms. The second kappa shape index (κ2) is 6.64. The summed E-state index contributed by atoms with van der Waals surface area (Å²) in [5.74, 6) is 1.15. The number of hydrogen-bond donors (Lipinski definition) is 1. The molecule has 5 nitrogen and oxygen atoms in total. The van der Waals surface area contributed by atoms with Crippen LogP contribution in [0.4, 0.5) is 0 Å². The van der Waals surface area contributed by atoms with Gasteiger partial charge in [-0.1, -0.05) is 13.8 Å². The molecule has 0 saturated carbocycles. The van der Waals surface area contributed by atoms with E-state index in [9.17, 15) is 4.79 Å². The van der Waals surface area contributed by atoms with E-state index in [1.807, 2.05) is 24.3 Å². The van der Waals surface area contributed by atoms with Crippen molar-refractivity contribution in [3.8, 4) is 11.4 Å². The summed E-state index contributed by atoms with van der Waals surface area (Å²) in [4.78, 5) is 18.5. The molecule has 0 amide bonds. The van der Waals surface area contributed by atoms with Gasteiger partial charge in [0.25, 0.3) is 5.56 Å². The fourth-order valence-electron chi connectivity index (χ4n) is 3.35. The van der Waals surface area contributed by atoms with E-state index >= 15 is 0 Å². The number of thiophene rings is 1. The lowest BCUT2D eigenvalue weighted by Crippen LogP contribution is -2.28. The van der Waals surface area contributed by atoms with Gasteiger partial charge in [-0.3, -0.25) is 9.36 Å². The van der Waals surface area contributed by atoms with Gasteiger partial charge in [0, 0.05) is 11.3 Å². The molecule has 0 radical (unpaired) electrons. The molecule has 0 bridgehead atoms. The first-order chi connectivity index (χ1) is 12.5. The highest BCUT2D eigenvalue weighted by Gasteiger charge is 2.27. The summed E-state index contributed by atoms with van der Waals surface area (Å²) < 4.78 is 13.1. The zero-order chi connectivity index (χ0) is 18.4. The predicted molar refractivity (Wildman–Crippen MR) is 106 cm³/mol. The van der Waals surface area contributed by atoms with E-state index in [2.05, 4.69) is 18.8 Å². The van der Waals surface area contributed by atoms with Gasteiger partial charge >= 0.3 is 0 Å². The monoisotopic (exact) mass is 388 g/mol. The zero-order valence-corrected chi connectivity index (χ0v) is 16.5. The van der Waals surface area contributed by atoms with Crippen LogP contribution in [-0.2, 0) is 17.8 Å². The standard InChI is InChI=1S/C19H20N2O3S2/c1-10(2)14-8-13-15(9-24-14)26-17-16(13)18(22)21(19(25)20-17)11-4-6-12(23-3)7-5-11/h4-7,10,14H,8-9H2,1-3H3,(H,20,25)/t14-/m0/s1. The number of aromatic amines is 1. The van der Waals surface area contributed by atoms with Crippen molar-refractivity contribution in [3.63, 3.8) is 0 Å². The lowest BCUT2D eigenvalue weighted by Gasteiger charge is -2.26. The van der Waals surface area contributed by atoms with Gasteiger partial charge in [0.1, 0.15) is 10.6 Å². The molecule has 1 aromatic carbocycles. The molecule has 0 fully saturated rings. The van der Waals surface area contributed by atoms with Crippen LogP contribution in [0.5, 0.6) is 5.75 Å². The number of nitrogens with one attached hydrogen (secondary N) is 1. The SMILES string of the molecule is COc1ccc(-n2c(=S)[nH]c3sc4c(c3c2=O)C[C@@H](C(C)C)OC4)cc1. The van der Waals surface area contributed by atoms with Crippen LogP contribution in [0.25, 0.3) is 15.9 Å². The molecular formula is C19H20N2O3S2. The quantitative estimate of drug-likeness (QED) is 0.683. The first-order valence-electron chi connectivity index (χ1n) is 8.55. The number of ether oxygens (including phenoxy) is 2. The second-order valence-electron chi connectivity index (χ2n) is 6.77. The Hall–Kier alpha value is -1.96. The number of aromatic nitrogens is 2. The highest BCUT2D eigenvalue weighted by molar-refractivity contribution is 7.71. The second-order valence-corrected chi connectivity index (χ2v) is 8.27. The molecule has 1 aliphatic rings. The number of methoxy groups -OCH3 is 1. The van der Waals surface area contributed by atoms with Crippen molar-refractivity contribution < 1.29 is 9.47 Å². The molecule has 1 aliphatic heterocycles. The fourth-order valence-corrected chi connectivity index (χ4v) is 4.85. The van der Waals surface area contributed by atoms with Gasteiger partial charge in [0.2, 0.25) is 0 Å². The van der Waals surface area contributed by atoms with Gasteiger partial charge in [-0.15, -0.1) is 11.3 Å². The van der Waals surface area contributed by atoms with Crippen molar-refractivity contribution in [2.75, 3.05) is 7.11 Å². The summed E-state index contributed by atoms with van der Waals surface area (Å²) in [5, 5.41) is 0.739. The minimum atomic E-state index is -0.0733. The summed E-state index contributed by atoms with van der Waals surface area (Å²) in [5.41, 5.74) is 1.76. The van der Waals surface area contributed by atoms with Gasteiger partial charge in [0.15, 0.2) is 4.77 Å². The largest absolute Gasteiger partial charge is 0.497 e. The van der Waals surface area contributed by atoms with E-state index in [4.69, 9.17) is 21.7 Å². The van der Waals surface area contributed by atoms with E-state index in [0.29, 0.717) is 17.3 Å². The third-order valence-corrected chi connectivity index (χ3v) is 6.24. The van der Waals surface area contributed by atoms with Gasteiger partial charge in [-0.05, 0) is 48.0 Å². The lowest BCUT2D eigenvalue weighted by atomic mass is 9.96. The third kappa shape index (κ3) is 2.80. The summed E-state index contributed by atoms with van der Waals surface area (Å²) in [6, 6.07) is 7.34. The molecule has 0 aliphatic carbocycles. The van der Waals surface area contributed by atoms with Crippen LogP contribution in [0.1, 0.15) is 24.3 Å². The maximum atomic E-state index is 13.3. The smallest absolute Gasteiger partial charge is 0.267 e. The van der Waals surface area contributed by atoms with E-state index in [1.165, 1.54) is 0 Å². The number of benzene rings is 1. The Bertz CT molecular complexity index is 1080. The zero-order valence-electron chi connectivity index (χ0n) is 14.9. The van der Waals surface area contributed by atoms with Gasteiger partial charge in [0.05, 0.1) is 30.9 Å². The topological polar surface area (TPSA) is 56.2 Å². The Kier molecular flexibility index (Phi) is 4.46. The number of rotatable bonds is 3. The summed E-state index contributed by atoms with van der Waals surface area (Å²) >= 11 is 7.04. The van der Waals surface area contributed by atoms with Crippen molar-refractivity contribution in [2.45, 2.75) is 33.0 Å². The maximum Gasteiger partial charge on any atom is 0.267 e. The van der Waals surface area contributed by atoms with Crippen LogP contribution >= 0.6 is 23.6 Å². The van der Waals surface area contributed by atoms with E-state index in [0.717, 1.165) is 38.5 Å². The Morgan fingerprint density at radius 1 is 1.35 bits per heavy atom. The Balaban J connectivity index is 1.92.